The number of rotatable bonds is 9. The molecule has 3 heterocycles. The number of nitrogens with zero attached hydrogens (tertiary/aromatic N) is 6. The minimum absolute atomic E-state index is 0.0238. The van der Waals surface area contributed by atoms with Crippen LogP contribution in [0.4, 0.5) is 5.69 Å². The van der Waals surface area contributed by atoms with E-state index in [1.165, 1.54) is 5.01 Å². The summed E-state index contributed by atoms with van der Waals surface area (Å²) < 4.78 is 12.0. The van der Waals surface area contributed by atoms with Gasteiger partial charge in [0.1, 0.15) is 18.0 Å². The smallest absolute Gasteiger partial charge is 0.264 e. The Kier molecular flexibility index (Phi) is 8.83. The molecule has 3 aromatic rings. The van der Waals surface area contributed by atoms with Gasteiger partial charge < -0.3 is 9.47 Å². The molecule has 7 rings (SSSR count). The molecular formula is C36H35BrN6O5. The highest BCUT2D eigenvalue weighted by Gasteiger charge is 2.55. The molecule has 12 heteroatoms. The second-order valence-electron chi connectivity index (χ2n) is 12.0. The zero-order valence-corrected chi connectivity index (χ0v) is 28.2. The lowest BCUT2D eigenvalue weighted by atomic mass is 9.77. The van der Waals surface area contributed by atoms with E-state index in [2.05, 4.69) is 32.3 Å². The standard InChI is InChI=1S/C36H35BrN6O5/c1-3-47-27-15-11-22(12-16-27)19-24-7-5-10-29-31(24)39-43(33(29)23-13-17-28(18-14-23)48-4-2)30(44)21-41-34-32(38-40-41)35(45)42(36(34)46)26-9-6-8-25(37)20-26/h6,8-9,11-20,29,32-34H,3-5,7,10,21H2,1-2H3/b24-19+/t29-,32+,33-,34-/m1/s1. The Balaban J connectivity index is 1.18. The topological polar surface area (TPSA) is 116 Å². The summed E-state index contributed by atoms with van der Waals surface area (Å²) in [6.07, 6.45) is 4.80. The van der Waals surface area contributed by atoms with Crippen LogP contribution >= 0.6 is 15.9 Å². The predicted octanol–water partition coefficient (Wildman–Crippen LogP) is 6.36. The zero-order valence-electron chi connectivity index (χ0n) is 26.7. The van der Waals surface area contributed by atoms with Gasteiger partial charge in [-0.3, -0.25) is 19.4 Å². The van der Waals surface area contributed by atoms with Crippen LogP contribution in [0.15, 0.2) is 98.3 Å². The van der Waals surface area contributed by atoms with Gasteiger partial charge in [0.25, 0.3) is 17.7 Å². The first-order valence-corrected chi connectivity index (χ1v) is 17.0. The van der Waals surface area contributed by atoms with E-state index >= 15 is 0 Å². The highest BCUT2D eigenvalue weighted by Crippen LogP contribution is 2.45. The first-order valence-electron chi connectivity index (χ1n) is 16.2. The lowest BCUT2D eigenvalue weighted by molar-refractivity contribution is -0.136. The van der Waals surface area contributed by atoms with Crippen molar-refractivity contribution in [3.63, 3.8) is 0 Å². The molecule has 0 aromatic heterocycles. The summed E-state index contributed by atoms with van der Waals surface area (Å²) in [5.74, 6) is 0.272. The molecular weight excluding hydrogens is 676 g/mol. The summed E-state index contributed by atoms with van der Waals surface area (Å²) in [4.78, 5) is 42.3. The Labute approximate surface area is 287 Å². The van der Waals surface area contributed by atoms with E-state index < -0.39 is 23.9 Å². The largest absolute Gasteiger partial charge is 0.494 e. The minimum atomic E-state index is -1.01. The quantitative estimate of drug-likeness (QED) is 0.239. The summed E-state index contributed by atoms with van der Waals surface area (Å²) in [7, 11) is 0. The van der Waals surface area contributed by atoms with Crippen molar-refractivity contribution in [3.05, 3.63) is 94.0 Å². The molecule has 3 aromatic carbocycles. The predicted molar refractivity (Wildman–Crippen MR) is 183 cm³/mol. The van der Waals surface area contributed by atoms with Crippen LogP contribution in [-0.2, 0) is 14.4 Å². The molecule has 0 N–H and O–H groups in total. The molecule has 1 aliphatic carbocycles. The minimum Gasteiger partial charge on any atom is -0.494 e. The molecule has 246 valence electrons. The van der Waals surface area contributed by atoms with E-state index in [1.54, 1.807) is 23.2 Å². The van der Waals surface area contributed by atoms with Gasteiger partial charge in [0.15, 0.2) is 12.1 Å². The number of halogens is 1. The molecule has 0 spiro atoms. The zero-order chi connectivity index (χ0) is 33.4. The van der Waals surface area contributed by atoms with Crippen LogP contribution in [0.2, 0.25) is 0 Å². The van der Waals surface area contributed by atoms with Gasteiger partial charge in [0.05, 0.1) is 30.7 Å². The van der Waals surface area contributed by atoms with Crippen molar-refractivity contribution in [2.45, 2.75) is 51.2 Å². The van der Waals surface area contributed by atoms with E-state index in [9.17, 15) is 14.4 Å². The number of allylic oxidation sites excluding steroid dienone is 1. The molecule has 3 amide bonds. The van der Waals surface area contributed by atoms with Crippen molar-refractivity contribution < 1.29 is 23.9 Å². The molecule has 0 bridgehead atoms. The van der Waals surface area contributed by atoms with Crippen LogP contribution in [0.5, 0.6) is 11.5 Å². The third-order valence-corrected chi connectivity index (χ3v) is 9.54. The monoisotopic (exact) mass is 710 g/mol. The highest BCUT2D eigenvalue weighted by atomic mass is 79.9. The first-order chi connectivity index (χ1) is 23.4. The van der Waals surface area contributed by atoms with Crippen LogP contribution in [-0.4, -0.2) is 65.3 Å². The molecule has 4 atom stereocenters. The van der Waals surface area contributed by atoms with Crippen molar-refractivity contribution in [3.8, 4) is 11.5 Å². The normalized spacial score (nSPS) is 23.9. The number of hydrazone groups is 1. The third kappa shape index (κ3) is 5.89. The van der Waals surface area contributed by atoms with Gasteiger partial charge in [-0.2, -0.15) is 10.2 Å². The molecule has 48 heavy (non-hydrogen) atoms. The average molecular weight is 712 g/mol. The molecule has 11 nitrogen and oxygen atoms in total. The van der Waals surface area contributed by atoms with Crippen molar-refractivity contribution in [1.29, 1.82) is 0 Å². The van der Waals surface area contributed by atoms with Gasteiger partial charge in [-0.05, 0) is 98.4 Å². The molecule has 1 saturated carbocycles. The Bertz CT molecular complexity index is 1820. The van der Waals surface area contributed by atoms with Gasteiger partial charge in [-0.1, -0.05) is 51.5 Å². The van der Waals surface area contributed by atoms with Crippen molar-refractivity contribution in [2.75, 3.05) is 24.7 Å². The summed E-state index contributed by atoms with van der Waals surface area (Å²) in [5, 5.41) is 16.1. The van der Waals surface area contributed by atoms with Gasteiger partial charge in [0.2, 0.25) is 0 Å². The Morgan fingerprint density at radius 3 is 2.33 bits per heavy atom. The summed E-state index contributed by atoms with van der Waals surface area (Å²) in [5.41, 5.74) is 4.38. The summed E-state index contributed by atoms with van der Waals surface area (Å²) in [6, 6.07) is 20.3. The molecule has 0 radical (unpaired) electrons. The van der Waals surface area contributed by atoms with E-state index in [0.29, 0.717) is 18.9 Å². The number of benzene rings is 3. The Morgan fingerprint density at radius 2 is 1.65 bits per heavy atom. The first kappa shape index (κ1) is 31.7. The molecule has 1 saturated heterocycles. The van der Waals surface area contributed by atoms with Crippen molar-refractivity contribution in [1.82, 2.24) is 10.0 Å². The number of hydrogen-bond acceptors (Lipinski definition) is 9. The van der Waals surface area contributed by atoms with Crippen LogP contribution in [0.25, 0.3) is 6.08 Å². The Hall–Kier alpha value is -4.84. The third-order valence-electron chi connectivity index (χ3n) is 9.04. The molecule has 2 fully saturated rings. The van der Waals surface area contributed by atoms with Crippen molar-refractivity contribution >= 4 is 51.1 Å². The van der Waals surface area contributed by atoms with Crippen LogP contribution in [0.1, 0.15) is 50.3 Å². The van der Waals surface area contributed by atoms with E-state index in [0.717, 1.165) is 62.5 Å². The number of anilines is 1. The fraction of sp³-hybridized carbons (Fsp3) is 0.333. The van der Waals surface area contributed by atoms with Gasteiger partial charge in [0, 0.05) is 10.4 Å². The van der Waals surface area contributed by atoms with E-state index in [1.807, 2.05) is 68.4 Å². The Morgan fingerprint density at radius 1 is 0.938 bits per heavy atom. The number of hydrogen-bond donors (Lipinski definition) is 0. The molecule has 4 aliphatic rings. The van der Waals surface area contributed by atoms with E-state index in [-0.39, 0.29) is 24.4 Å². The number of ether oxygens (including phenoxy) is 2. The maximum atomic E-state index is 14.2. The second-order valence-corrected chi connectivity index (χ2v) is 12.9. The maximum absolute atomic E-state index is 14.2. The number of carbonyl (C=O) groups excluding carboxylic acids is 3. The van der Waals surface area contributed by atoms with Gasteiger partial charge in [-0.25, -0.2) is 9.91 Å². The second kappa shape index (κ2) is 13.3. The SMILES string of the molecule is CCOc1ccc(/C=C2\CCC[C@@H]3C2=NN(C(=O)CN2N=N[C@@H]4C(=O)N(c5cccc(Br)c5)C(=O)[C@@H]42)[C@@H]3c2ccc(OCC)cc2)cc1. The summed E-state index contributed by atoms with van der Waals surface area (Å²) in [6.45, 7) is 4.79. The fourth-order valence-electron chi connectivity index (χ4n) is 6.93. The maximum Gasteiger partial charge on any atom is 0.264 e. The number of imide groups is 1. The summed E-state index contributed by atoms with van der Waals surface area (Å²) >= 11 is 3.41. The number of amides is 3. The van der Waals surface area contributed by atoms with Gasteiger partial charge in [-0.15, -0.1) is 0 Å². The van der Waals surface area contributed by atoms with Crippen molar-refractivity contribution in [2.24, 2.45) is 21.4 Å². The molecule has 3 aliphatic heterocycles. The lowest BCUT2D eigenvalue weighted by Gasteiger charge is -2.30. The fourth-order valence-corrected chi connectivity index (χ4v) is 7.32. The molecule has 0 unspecified atom stereocenters. The van der Waals surface area contributed by atoms with Crippen LogP contribution < -0.4 is 14.4 Å². The van der Waals surface area contributed by atoms with Crippen LogP contribution in [0.3, 0.4) is 0 Å². The average Bonchev–Trinajstić information content (AvgIpc) is 3.75. The van der Waals surface area contributed by atoms with E-state index in [4.69, 9.17) is 14.6 Å². The van der Waals surface area contributed by atoms with Gasteiger partial charge >= 0.3 is 0 Å². The van der Waals surface area contributed by atoms with Crippen LogP contribution in [0, 0.1) is 5.92 Å². The lowest BCUT2D eigenvalue weighted by Crippen LogP contribution is -2.45. The highest BCUT2D eigenvalue weighted by molar-refractivity contribution is 9.10. The number of fused-ring (bicyclic) bond motifs is 2. The number of carbonyl (C=O) groups is 3.